The van der Waals surface area contributed by atoms with Crippen LogP contribution in [0.4, 0.5) is 18.9 Å². The number of halogens is 3. The van der Waals surface area contributed by atoms with Gasteiger partial charge < -0.3 is 33.2 Å². The molecule has 1 saturated heterocycles. The molecule has 0 N–H and O–H groups in total. The van der Waals surface area contributed by atoms with E-state index in [4.69, 9.17) is 38.7 Å². The van der Waals surface area contributed by atoms with Crippen LogP contribution < -0.4 is 9.47 Å². The van der Waals surface area contributed by atoms with Gasteiger partial charge in [0.2, 0.25) is 6.29 Å². The van der Waals surface area contributed by atoms with Gasteiger partial charge in [0, 0.05) is 4.91 Å². The zero-order chi connectivity index (χ0) is 37.8. The van der Waals surface area contributed by atoms with E-state index in [0.717, 1.165) is 0 Å². The summed E-state index contributed by atoms with van der Waals surface area (Å²) in [7, 11) is 3.05. The summed E-state index contributed by atoms with van der Waals surface area (Å²) in [6.07, 6.45) is -11.7. The smallest absolute Gasteiger partial charge is 0.468 e. The number of hydrogen-bond donors (Lipinski definition) is 0. The van der Waals surface area contributed by atoms with Crippen LogP contribution in [0.2, 0.25) is 0 Å². The molecule has 53 heavy (non-hydrogen) atoms. The Morgan fingerprint density at radius 2 is 1.34 bits per heavy atom. The van der Waals surface area contributed by atoms with Gasteiger partial charge in [-0.2, -0.15) is 13.2 Å². The van der Waals surface area contributed by atoms with Gasteiger partial charge >= 0.3 is 12.1 Å². The standard InChI is InChI=1S/C38H37F3N4O8/c1-24-32(52-35(46)31-12-8-7-9-27(31)21-43-45-42)33(49-22-25-13-17-29(47-2)18-14-25)34(50-23-26-15-19-30(48-3)20-16-26)36(51-24)53-37(38(39,40)41)44-28-10-5-4-6-11-28/h4-20,24,32-34,36H,21-23H2,1-3H3/t24-,32-,33+,34+,36?/m0/s1. The lowest BCUT2D eigenvalue weighted by atomic mass is 9.98. The number of nitrogens with zero attached hydrogens (tertiary/aromatic N) is 4. The van der Waals surface area contributed by atoms with Crippen LogP contribution in [-0.2, 0) is 43.4 Å². The number of alkyl halides is 3. The maximum absolute atomic E-state index is 14.5. The SMILES string of the molecule is COc1ccc(CO[C@@H]2[C@@H](OC(=O)c3ccccc3CN=[N+]=[N-])[C@H](C)OC(OC(=Nc3ccccc3)C(F)(F)F)[C@@H]2OCc2ccc(OC)cc2)cc1. The number of ether oxygens (including phenoxy) is 7. The zero-order valence-electron chi connectivity index (χ0n) is 29.0. The monoisotopic (exact) mass is 734 g/mol. The maximum atomic E-state index is 14.5. The highest BCUT2D eigenvalue weighted by molar-refractivity contribution is 5.91. The van der Waals surface area contributed by atoms with E-state index >= 15 is 0 Å². The fourth-order valence-electron chi connectivity index (χ4n) is 5.46. The summed E-state index contributed by atoms with van der Waals surface area (Å²) in [5.41, 5.74) is 10.7. The van der Waals surface area contributed by atoms with Crippen LogP contribution in [0.25, 0.3) is 10.4 Å². The summed E-state index contributed by atoms with van der Waals surface area (Å²) in [6.45, 7) is 1.20. The highest BCUT2D eigenvalue weighted by atomic mass is 19.4. The number of methoxy groups -OCH3 is 2. The molecule has 4 aromatic rings. The Hall–Kier alpha value is -5.60. The fraction of sp³-hybridized carbons (Fsp3) is 0.316. The molecule has 0 aliphatic carbocycles. The highest BCUT2D eigenvalue weighted by Crippen LogP contribution is 2.34. The Morgan fingerprint density at radius 3 is 1.91 bits per heavy atom. The molecule has 0 saturated carbocycles. The normalized spacial score (nSPS) is 20.2. The molecule has 1 heterocycles. The minimum atomic E-state index is -5.03. The van der Waals surface area contributed by atoms with E-state index in [1.807, 2.05) is 0 Å². The second-order valence-electron chi connectivity index (χ2n) is 11.7. The summed E-state index contributed by atoms with van der Waals surface area (Å²) in [5, 5.41) is 3.57. The summed E-state index contributed by atoms with van der Waals surface area (Å²) in [6, 6.07) is 27.7. The van der Waals surface area contributed by atoms with Crippen LogP contribution in [0, 0.1) is 0 Å². The first-order valence-corrected chi connectivity index (χ1v) is 16.4. The first kappa shape index (κ1) is 38.6. The van der Waals surface area contributed by atoms with Crippen molar-refractivity contribution in [2.45, 2.75) is 63.6 Å². The molecule has 15 heteroatoms. The van der Waals surface area contributed by atoms with Crippen LogP contribution in [0.3, 0.4) is 0 Å². The van der Waals surface area contributed by atoms with E-state index in [-0.39, 0.29) is 31.0 Å². The second-order valence-corrected chi connectivity index (χ2v) is 11.7. The van der Waals surface area contributed by atoms with Crippen molar-refractivity contribution in [2.24, 2.45) is 10.1 Å². The number of aliphatic imine (C=N–C) groups is 1. The van der Waals surface area contributed by atoms with Crippen molar-refractivity contribution in [3.63, 3.8) is 0 Å². The Kier molecular flexibility index (Phi) is 13.3. The molecule has 1 unspecified atom stereocenters. The molecule has 5 rings (SSSR count). The Labute approximate surface area is 303 Å². The minimum absolute atomic E-state index is 0.00195. The lowest BCUT2D eigenvalue weighted by molar-refractivity contribution is -0.298. The van der Waals surface area contributed by atoms with Crippen molar-refractivity contribution in [2.75, 3.05) is 14.2 Å². The quantitative estimate of drug-likeness (QED) is 0.0315. The van der Waals surface area contributed by atoms with Gasteiger partial charge in [-0.25, -0.2) is 9.79 Å². The molecule has 5 atom stereocenters. The Morgan fingerprint density at radius 1 is 0.774 bits per heavy atom. The van der Waals surface area contributed by atoms with Crippen LogP contribution in [0.1, 0.15) is 34.0 Å². The van der Waals surface area contributed by atoms with Crippen molar-refractivity contribution in [1.82, 2.24) is 0 Å². The lowest BCUT2D eigenvalue weighted by Crippen LogP contribution is -2.61. The maximum Gasteiger partial charge on any atom is 0.468 e. The second kappa shape index (κ2) is 18.2. The van der Waals surface area contributed by atoms with E-state index in [0.29, 0.717) is 28.2 Å². The van der Waals surface area contributed by atoms with E-state index < -0.39 is 48.7 Å². The van der Waals surface area contributed by atoms with Crippen LogP contribution in [0.5, 0.6) is 11.5 Å². The fourth-order valence-corrected chi connectivity index (χ4v) is 5.46. The zero-order valence-corrected chi connectivity index (χ0v) is 29.0. The van der Waals surface area contributed by atoms with Gasteiger partial charge in [0.25, 0.3) is 5.90 Å². The molecular weight excluding hydrogens is 697 g/mol. The number of rotatable bonds is 14. The number of hydrogen-bond acceptors (Lipinski definition) is 10. The van der Waals surface area contributed by atoms with Crippen molar-refractivity contribution >= 4 is 17.6 Å². The highest BCUT2D eigenvalue weighted by Gasteiger charge is 2.52. The van der Waals surface area contributed by atoms with Crippen molar-refractivity contribution in [3.8, 4) is 11.5 Å². The third-order valence-corrected chi connectivity index (χ3v) is 8.17. The minimum Gasteiger partial charge on any atom is -0.497 e. The Balaban J connectivity index is 1.53. The van der Waals surface area contributed by atoms with Gasteiger partial charge in [0.15, 0.2) is 6.10 Å². The first-order chi connectivity index (χ1) is 25.6. The molecule has 0 amide bonds. The predicted octanol–water partition coefficient (Wildman–Crippen LogP) is 8.26. The Bertz CT molecular complexity index is 1870. The van der Waals surface area contributed by atoms with Crippen molar-refractivity contribution in [1.29, 1.82) is 0 Å². The van der Waals surface area contributed by atoms with E-state index in [1.165, 1.54) is 39.3 Å². The predicted molar refractivity (Wildman–Crippen MR) is 187 cm³/mol. The van der Waals surface area contributed by atoms with E-state index in [2.05, 4.69) is 15.0 Å². The van der Waals surface area contributed by atoms with Gasteiger partial charge in [0.1, 0.15) is 23.7 Å². The largest absolute Gasteiger partial charge is 0.497 e. The number of benzene rings is 4. The van der Waals surface area contributed by atoms with Crippen LogP contribution >= 0.6 is 0 Å². The molecule has 4 aromatic carbocycles. The molecule has 0 spiro atoms. The van der Waals surface area contributed by atoms with Gasteiger partial charge in [0.05, 0.1) is 51.3 Å². The van der Waals surface area contributed by atoms with Crippen LogP contribution in [0.15, 0.2) is 113 Å². The number of carbonyl (C=O) groups excluding carboxylic acids is 1. The van der Waals surface area contributed by atoms with Gasteiger partial charge in [-0.15, -0.1) is 0 Å². The van der Waals surface area contributed by atoms with Crippen molar-refractivity contribution in [3.05, 3.63) is 136 Å². The summed E-state index contributed by atoms with van der Waals surface area (Å²) in [4.78, 5) is 20.3. The van der Waals surface area contributed by atoms with Gasteiger partial charge in [-0.05, 0) is 71.6 Å². The van der Waals surface area contributed by atoms with Crippen LogP contribution in [-0.4, -0.2) is 63.0 Å². The number of esters is 1. The summed E-state index contributed by atoms with van der Waals surface area (Å²) >= 11 is 0. The molecule has 278 valence electrons. The summed E-state index contributed by atoms with van der Waals surface area (Å²) in [5.74, 6) is -1.19. The third kappa shape index (κ3) is 10.5. The number of carbonyl (C=O) groups is 1. The first-order valence-electron chi connectivity index (χ1n) is 16.4. The third-order valence-electron chi connectivity index (χ3n) is 8.17. The molecular formula is C38H37F3N4O8. The number of azide groups is 1. The van der Waals surface area contributed by atoms with Gasteiger partial charge in [-0.3, -0.25) is 0 Å². The molecule has 0 aromatic heterocycles. The molecule has 0 bridgehead atoms. The molecule has 1 aliphatic heterocycles. The molecule has 0 radical (unpaired) electrons. The average molecular weight is 735 g/mol. The molecule has 12 nitrogen and oxygen atoms in total. The topological polar surface area (TPSA) is 143 Å². The molecule has 1 fully saturated rings. The number of para-hydroxylation sites is 1. The lowest BCUT2D eigenvalue weighted by Gasteiger charge is -2.44. The van der Waals surface area contributed by atoms with E-state index in [1.54, 1.807) is 84.9 Å². The van der Waals surface area contributed by atoms with Crippen molar-refractivity contribution < 1.29 is 51.1 Å². The average Bonchev–Trinajstić information content (AvgIpc) is 3.17. The summed E-state index contributed by atoms with van der Waals surface area (Å²) < 4.78 is 84.3. The molecule has 1 aliphatic rings. The van der Waals surface area contributed by atoms with Gasteiger partial charge in [-0.1, -0.05) is 65.8 Å². The van der Waals surface area contributed by atoms with E-state index in [9.17, 15) is 18.0 Å².